The summed E-state index contributed by atoms with van der Waals surface area (Å²) >= 11 is 0. The molecule has 2 aliphatic heterocycles. The van der Waals surface area contributed by atoms with Crippen LogP contribution in [0, 0.1) is 5.92 Å². The Morgan fingerprint density at radius 1 is 1.16 bits per heavy atom. The number of nitrogens with zero attached hydrogens (tertiary/aromatic N) is 2. The molecular formula is C30H35ClN2O4. The van der Waals surface area contributed by atoms with Crippen LogP contribution in [0.15, 0.2) is 48.5 Å². The first-order chi connectivity index (χ1) is 17.4. The number of rotatable bonds is 5. The molecule has 2 N–H and O–H groups in total. The molecule has 3 fully saturated rings. The van der Waals surface area contributed by atoms with Gasteiger partial charge in [0.2, 0.25) is 5.91 Å². The van der Waals surface area contributed by atoms with E-state index in [0.29, 0.717) is 18.6 Å². The molecular weight excluding hydrogens is 488 g/mol. The Balaban J connectivity index is 0.00000252. The highest BCUT2D eigenvalue weighted by Crippen LogP contribution is 2.66. The minimum atomic E-state index is -0.933. The number of likely N-dealkylation sites (N-methyl/N-ethyl adjacent to an activating group) is 1. The third-order valence-electron chi connectivity index (χ3n) is 9.79. The summed E-state index contributed by atoms with van der Waals surface area (Å²) in [6.45, 7) is 1.97. The topological polar surface area (TPSA) is 73.2 Å². The minimum Gasteiger partial charge on any atom is -0.504 e. The first kappa shape index (κ1) is 24.8. The molecule has 196 valence electrons. The molecule has 5 atom stereocenters. The molecule has 2 aromatic rings. The van der Waals surface area contributed by atoms with E-state index < -0.39 is 11.0 Å². The molecule has 0 aromatic heterocycles. The van der Waals surface area contributed by atoms with Gasteiger partial charge in [0.05, 0.1) is 17.1 Å². The molecule has 0 unspecified atom stereocenters. The Hall–Kier alpha value is -2.54. The number of aromatic hydroxyl groups is 1. The maximum absolute atomic E-state index is 13.3. The molecule has 1 saturated heterocycles. The standard InChI is InChI=1S/C30H34N2O4.ClH/c1-31(25(34)12-9-19-5-3-2-4-6-19)22-13-14-30(35)24-17-21-10-11-23(33)27-26(21)29(30,28(22)36-27)15-16-32(24)18-20-7-8-20;/h2-6,9-12,20,22,24,28,33,35H,7-8,13-18H2,1H3;1H/t22-,24-,28+,29+,30-;/m1./s1. The molecule has 2 heterocycles. The van der Waals surface area contributed by atoms with Crippen molar-refractivity contribution in [2.24, 2.45) is 5.92 Å². The summed E-state index contributed by atoms with van der Waals surface area (Å²) < 4.78 is 6.60. The summed E-state index contributed by atoms with van der Waals surface area (Å²) in [7, 11) is 1.85. The van der Waals surface area contributed by atoms with Gasteiger partial charge in [-0.05, 0) is 74.3 Å². The Bertz CT molecular complexity index is 1250. The predicted octanol–water partition coefficient (Wildman–Crippen LogP) is 3.92. The smallest absolute Gasteiger partial charge is 0.246 e. The van der Waals surface area contributed by atoms with E-state index in [4.69, 9.17) is 4.74 Å². The van der Waals surface area contributed by atoms with Gasteiger partial charge in [-0.2, -0.15) is 0 Å². The average molecular weight is 523 g/mol. The lowest BCUT2D eigenvalue weighted by Crippen LogP contribution is -2.78. The summed E-state index contributed by atoms with van der Waals surface area (Å²) in [5.41, 5.74) is 1.62. The van der Waals surface area contributed by atoms with Gasteiger partial charge in [-0.1, -0.05) is 36.4 Å². The van der Waals surface area contributed by atoms with Gasteiger partial charge in [-0.15, -0.1) is 12.4 Å². The van der Waals surface area contributed by atoms with Crippen molar-refractivity contribution in [1.29, 1.82) is 0 Å². The van der Waals surface area contributed by atoms with Gasteiger partial charge in [0, 0.05) is 31.3 Å². The van der Waals surface area contributed by atoms with Crippen LogP contribution in [0.5, 0.6) is 11.5 Å². The maximum Gasteiger partial charge on any atom is 0.246 e. The summed E-state index contributed by atoms with van der Waals surface area (Å²) in [5.74, 6) is 1.34. The number of hydrogen-bond donors (Lipinski definition) is 2. The van der Waals surface area contributed by atoms with E-state index in [2.05, 4.69) is 4.90 Å². The zero-order valence-electron chi connectivity index (χ0n) is 21.2. The van der Waals surface area contributed by atoms with Crippen molar-refractivity contribution >= 4 is 24.4 Å². The Morgan fingerprint density at radius 2 is 1.95 bits per heavy atom. The SMILES string of the molecule is CN(C(=O)C=Cc1ccccc1)[C@@H]1CC[C@@]2(O)[C@H]3Cc4ccc(O)c5c4[C@@]2(CCN3CC2CC2)[C@H]1O5.Cl. The van der Waals surface area contributed by atoms with Crippen LogP contribution in [0.2, 0.25) is 0 Å². The number of likely N-dealkylation sites (tertiary alicyclic amines) is 1. The molecule has 7 heteroatoms. The lowest BCUT2D eigenvalue weighted by atomic mass is 9.48. The first-order valence-electron chi connectivity index (χ1n) is 13.4. The third-order valence-corrected chi connectivity index (χ3v) is 9.79. The number of carbonyl (C=O) groups is 1. The number of benzene rings is 2. The highest BCUT2D eigenvalue weighted by molar-refractivity contribution is 5.92. The van der Waals surface area contributed by atoms with E-state index in [9.17, 15) is 15.0 Å². The molecule has 2 saturated carbocycles. The van der Waals surface area contributed by atoms with E-state index in [1.807, 2.05) is 49.5 Å². The lowest BCUT2D eigenvalue weighted by Gasteiger charge is -2.64. The number of aliphatic hydroxyl groups is 1. The Kier molecular flexibility index (Phi) is 5.86. The van der Waals surface area contributed by atoms with Gasteiger partial charge in [0.15, 0.2) is 11.5 Å². The van der Waals surface area contributed by atoms with Crippen LogP contribution in [0.3, 0.4) is 0 Å². The third kappa shape index (κ3) is 3.49. The lowest BCUT2D eigenvalue weighted by molar-refractivity contribution is -0.200. The second kappa shape index (κ2) is 8.75. The Labute approximate surface area is 224 Å². The van der Waals surface area contributed by atoms with E-state index in [0.717, 1.165) is 43.0 Å². The zero-order chi connectivity index (χ0) is 24.7. The number of ether oxygens (including phenoxy) is 1. The number of phenols is 1. The molecule has 6 nitrogen and oxygen atoms in total. The highest BCUT2D eigenvalue weighted by atomic mass is 35.5. The summed E-state index contributed by atoms with van der Waals surface area (Å²) in [4.78, 5) is 17.6. The maximum atomic E-state index is 13.3. The molecule has 3 aliphatic carbocycles. The normalized spacial score (nSPS) is 33.4. The van der Waals surface area contributed by atoms with E-state index in [-0.39, 0.29) is 42.3 Å². The highest BCUT2D eigenvalue weighted by Gasteiger charge is 2.73. The van der Waals surface area contributed by atoms with Crippen LogP contribution in [-0.2, 0) is 16.6 Å². The van der Waals surface area contributed by atoms with Crippen molar-refractivity contribution in [3.63, 3.8) is 0 Å². The van der Waals surface area contributed by atoms with Crippen LogP contribution >= 0.6 is 12.4 Å². The molecule has 1 spiro atoms. The fraction of sp³-hybridized carbons (Fsp3) is 0.500. The van der Waals surface area contributed by atoms with E-state index in [1.54, 1.807) is 17.0 Å². The fourth-order valence-corrected chi connectivity index (χ4v) is 7.86. The van der Waals surface area contributed by atoms with Crippen LogP contribution < -0.4 is 4.74 Å². The van der Waals surface area contributed by atoms with Crippen LogP contribution in [0.1, 0.15) is 48.8 Å². The predicted molar refractivity (Wildman–Crippen MR) is 144 cm³/mol. The quantitative estimate of drug-likeness (QED) is 0.582. The van der Waals surface area contributed by atoms with Crippen LogP contribution in [0.4, 0.5) is 0 Å². The van der Waals surface area contributed by atoms with Crippen molar-refractivity contribution < 1.29 is 19.7 Å². The van der Waals surface area contributed by atoms with Gasteiger partial charge < -0.3 is 19.8 Å². The molecule has 37 heavy (non-hydrogen) atoms. The van der Waals surface area contributed by atoms with Gasteiger partial charge in [-0.25, -0.2) is 0 Å². The number of carbonyl (C=O) groups excluding carboxylic acids is 1. The zero-order valence-corrected chi connectivity index (χ0v) is 22.0. The van der Waals surface area contributed by atoms with E-state index in [1.165, 1.54) is 18.4 Å². The Morgan fingerprint density at radius 3 is 2.70 bits per heavy atom. The van der Waals surface area contributed by atoms with Crippen molar-refractivity contribution in [3.05, 3.63) is 65.2 Å². The molecule has 7 rings (SSSR count). The molecule has 0 radical (unpaired) electrons. The number of amides is 1. The number of hydrogen-bond acceptors (Lipinski definition) is 5. The van der Waals surface area contributed by atoms with Gasteiger partial charge in [0.1, 0.15) is 6.10 Å². The summed E-state index contributed by atoms with van der Waals surface area (Å²) in [6, 6.07) is 13.4. The number of phenolic OH excluding ortho intramolecular Hbond substituents is 1. The van der Waals surface area contributed by atoms with Gasteiger partial charge in [-0.3, -0.25) is 9.69 Å². The molecule has 2 aromatic carbocycles. The first-order valence-corrected chi connectivity index (χ1v) is 13.4. The largest absolute Gasteiger partial charge is 0.504 e. The molecule has 1 amide bonds. The summed E-state index contributed by atoms with van der Waals surface area (Å²) in [6.07, 6.45) is 8.51. The van der Waals surface area contributed by atoms with Crippen molar-refractivity contribution in [3.8, 4) is 11.5 Å². The second-order valence-electron chi connectivity index (χ2n) is 11.6. The average Bonchev–Trinajstić information content (AvgIpc) is 3.63. The molecule has 2 bridgehead atoms. The van der Waals surface area contributed by atoms with Crippen molar-refractivity contribution in [2.75, 3.05) is 20.1 Å². The summed E-state index contributed by atoms with van der Waals surface area (Å²) in [5, 5.41) is 23.4. The second-order valence-corrected chi connectivity index (χ2v) is 11.6. The van der Waals surface area contributed by atoms with Crippen LogP contribution in [0.25, 0.3) is 6.08 Å². The minimum absolute atomic E-state index is 0. The molecule has 5 aliphatic rings. The number of halogens is 1. The number of piperidine rings is 1. The van der Waals surface area contributed by atoms with Crippen molar-refractivity contribution in [1.82, 2.24) is 9.80 Å². The van der Waals surface area contributed by atoms with E-state index >= 15 is 0 Å². The van der Waals surface area contributed by atoms with Crippen molar-refractivity contribution in [2.45, 2.75) is 67.7 Å². The van der Waals surface area contributed by atoms with Crippen LogP contribution in [-0.4, -0.2) is 69.8 Å². The monoisotopic (exact) mass is 522 g/mol. The fourth-order valence-electron chi connectivity index (χ4n) is 7.86. The van der Waals surface area contributed by atoms with Gasteiger partial charge in [0.25, 0.3) is 0 Å². The van der Waals surface area contributed by atoms with Gasteiger partial charge >= 0.3 is 0 Å².